The first kappa shape index (κ1) is 9.05. The molecule has 1 aliphatic rings. The Morgan fingerprint density at radius 1 is 1.25 bits per heavy atom. The molecule has 0 heteroatoms. The summed E-state index contributed by atoms with van der Waals surface area (Å²) in [5.41, 5.74) is 4.22. The van der Waals surface area contributed by atoms with Crippen LogP contribution < -0.4 is 0 Å². The quantitative estimate of drug-likeness (QED) is 0.543. The summed E-state index contributed by atoms with van der Waals surface area (Å²) < 4.78 is 0. The van der Waals surface area contributed by atoms with Crippen molar-refractivity contribution in [3.8, 4) is 0 Å². The van der Waals surface area contributed by atoms with E-state index in [0.29, 0.717) is 0 Å². The summed E-state index contributed by atoms with van der Waals surface area (Å²) >= 11 is 0. The molecule has 1 aliphatic carbocycles. The molecule has 0 saturated heterocycles. The average molecular weight is 162 g/mol. The van der Waals surface area contributed by atoms with Crippen molar-refractivity contribution in [2.45, 2.75) is 27.2 Å². The molecular weight excluding hydrogens is 144 g/mol. The lowest BCUT2D eigenvalue weighted by Gasteiger charge is -1.97. The predicted molar refractivity (Wildman–Crippen MR) is 57.4 cm³/mol. The van der Waals surface area contributed by atoms with E-state index in [9.17, 15) is 0 Å². The van der Waals surface area contributed by atoms with Crippen LogP contribution in [0, 0.1) is 6.92 Å². The van der Waals surface area contributed by atoms with Gasteiger partial charge in [0.25, 0.3) is 0 Å². The van der Waals surface area contributed by atoms with E-state index in [1.807, 2.05) is 13.8 Å². The Morgan fingerprint density at radius 3 is 2.75 bits per heavy atom. The topological polar surface area (TPSA) is 0 Å². The summed E-state index contributed by atoms with van der Waals surface area (Å²) in [5.74, 6) is 0. The van der Waals surface area contributed by atoms with Gasteiger partial charge in [-0.3, -0.25) is 0 Å². The van der Waals surface area contributed by atoms with Crippen LogP contribution in [0.3, 0.4) is 0 Å². The van der Waals surface area contributed by atoms with Crippen LogP contribution in [0.5, 0.6) is 0 Å². The van der Waals surface area contributed by atoms with Gasteiger partial charge in [0.1, 0.15) is 0 Å². The second-order valence-electron chi connectivity index (χ2n) is 2.81. The lowest BCUT2D eigenvalue weighted by Crippen LogP contribution is -1.81. The number of rotatable bonds is 0. The maximum atomic E-state index is 2.23. The molecule has 0 saturated carbocycles. The van der Waals surface area contributed by atoms with Crippen LogP contribution in [0.15, 0.2) is 24.3 Å². The van der Waals surface area contributed by atoms with Gasteiger partial charge in [0, 0.05) is 1.43 Å². The fourth-order valence-corrected chi connectivity index (χ4v) is 1.37. The zero-order valence-electron chi connectivity index (χ0n) is 8.09. The molecule has 0 N–H and O–H groups in total. The number of hydrogen-bond donors (Lipinski definition) is 0. The highest BCUT2D eigenvalue weighted by Gasteiger charge is 2.02. The molecule has 0 unspecified atom stereocenters. The van der Waals surface area contributed by atoms with Crippen LogP contribution in [0.25, 0.3) is 6.08 Å². The first-order valence-corrected chi connectivity index (χ1v) is 4.62. The highest BCUT2D eigenvalue weighted by atomic mass is 14.1. The fourth-order valence-electron chi connectivity index (χ4n) is 1.37. The smallest absolute Gasteiger partial charge is 0 e. The summed E-state index contributed by atoms with van der Waals surface area (Å²) in [6.07, 6.45) is 5.53. The molecule has 66 valence electrons. The molecule has 1 aromatic rings. The van der Waals surface area contributed by atoms with E-state index in [-0.39, 0.29) is 1.43 Å². The summed E-state index contributed by atoms with van der Waals surface area (Å²) in [6.45, 7) is 6.13. The van der Waals surface area contributed by atoms with Crippen molar-refractivity contribution in [3.05, 3.63) is 41.0 Å². The van der Waals surface area contributed by atoms with Gasteiger partial charge in [0.05, 0.1) is 0 Å². The minimum atomic E-state index is 0. The van der Waals surface area contributed by atoms with E-state index in [0.717, 1.165) is 6.42 Å². The van der Waals surface area contributed by atoms with Gasteiger partial charge in [-0.25, -0.2) is 0 Å². The Hall–Kier alpha value is -1.04. The lowest BCUT2D eigenvalue weighted by atomic mass is 10.1. The van der Waals surface area contributed by atoms with E-state index >= 15 is 0 Å². The molecule has 0 radical (unpaired) electrons. The fraction of sp³-hybridized carbons (Fsp3) is 0.333. The van der Waals surface area contributed by atoms with Crippen molar-refractivity contribution < 1.29 is 1.43 Å². The van der Waals surface area contributed by atoms with Crippen molar-refractivity contribution in [3.63, 3.8) is 0 Å². The summed E-state index contributed by atoms with van der Waals surface area (Å²) in [5, 5.41) is 0. The Labute approximate surface area is 76.4 Å². The zero-order valence-corrected chi connectivity index (χ0v) is 8.09. The van der Waals surface area contributed by atoms with Gasteiger partial charge in [-0.1, -0.05) is 49.8 Å². The maximum absolute atomic E-state index is 2.23. The summed E-state index contributed by atoms with van der Waals surface area (Å²) in [4.78, 5) is 0. The van der Waals surface area contributed by atoms with Crippen molar-refractivity contribution in [1.29, 1.82) is 0 Å². The maximum Gasteiger partial charge on any atom is 0 e. The highest BCUT2D eigenvalue weighted by Crippen LogP contribution is 2.19. The third-order valence-electron chi connectivity index (χ3n) is 1.94. The van der Waals surface area contributed by atoms with Gasteiger partial charge in [-0.05, 0) is 24.5 Å². The molecule has 0 fully saturated rings. The van der Waals surface area contributed by atoms with E-state index in [1.165, 1.54) is 16.7 Å². The zero-order chi connectivity index (χ0) is 8.97. The summed E-state index contributed by atoms with van der Waals surface area (Å²) in [6, 6.07) is 6.62. The minimum absolute atomic E-state index is 0. The van der Waals surface area contributed by atoms with Crippen molar-refractivity contribution in [2.75, 3.05) is 0 Å². The largest absolute Gasteiger partial charge is 0.0795 e. The van der Waals surface area contributed by atoms with Crippen LogP contribution in [0.2, 0.25) is 0 Å². The Balaban J connectivity index is 0.000000451. The predicted octanol–water partition coefficient (Wildman–Crippen LogP) is 3.84. The van der Waals surface area contributed by atoms with Crippen LogP contribution >= 0.6 is 0 Å². The van der Waals surface area contributed by atoms with E-state index < -0.39 is 0 Å². The second kappa shape index (κ2) is 4.10. The molecule has 12 heavy (non-hydrogen) atoms. The molecule has 1 aromatic carbocycles. The van der Waals surface area contributed by atoms with Gasteiger partial charge in [-0.15, -0.1) is 0 Å². The van der Waals surface area contributed by atoms with Crippen molar-refractivity contribution >= 4 is 6.08 Å². The van der Waals surface area contributed by atoms with Gasteiger partial charge < -0.3 is 0 Å². The lowest BCUT2D eigenvalue weighted by molar-refractivity contribution is 1.29. The molecule has 0 nitrogen and oxygen atoms in total. The molecule has 0 aliphatic heterocycles. The van der Waals surface area contributed by atoms with E-state index in [4.69, 9.17) is 0 Å². The van der Waals surface area contributed by atoms with Crippen LogP contribution in [0.4, 0.5) is 0 Å². The monoisotopic (exact) mass is 162 g/mol. The number of allylic oxidation sites excluding steroid dienone is 1. The third-order valence-corrected chi connectivity index (χ3v) is 1.94. The standard InChI is InChI=1S/C10H10.C2H6.H2/c1-8-5-6-9-3-2-4-10(9)7-8;1-2;/h2,4-7H,3H2,1H3;1-2H3;1H. The molecule has 0 amide bonds. The SMILES string of the molecule is CC.Cc1ccc2c(c1)C=CC2.[HH]. The highest BCUT2D eigenvalue weighted by molar-refractivity contribution is 5.60. The number of aryl methyl sites for hydroxylation is 1. The average Bonchev–Trinajstić information content (AvgIpc) is 2.54. The van der Waals surface area contributed by atoms with E-state index in [2.05, 4.69) is 37.3 Å². The Kier molecular flexibility index (Phi) is 3.09. The first-order chi connectivity index (χ1) is 5.86. The minimum Gasteiger partial charge on any atom is -0.0795 e. The van der Waals surface area contributed by atoms with Crippen LogP contribution in [-0.4, -0.2) is 0 Å². The first-order valence-electron chi connectivity index (χ1n) is 4.62. The van der Waals surface area contributed by atoms with Gasteiger partial charge in [-0.2, -0.15) is 0 Å². The number of hydrogen-bond acceptors (Lipinski definition) is 0. The van der Waals surface area contributed by atoms with Crippen molar-refractivity contribution in [2.24, 2.45) is 0 Å². The van der Waals surface area contributed by atoms with Gasteiger partial charge in [0.15, 0.2) is 0 Å². The number of benzene rings is 1. The molecule has 0 bridgehead atoms. The van der Waals surface area contributed by atoms with Crippen molar-refractivity contribution in [1.82, 2.24) is 0 Å². The molecular formula is C12H18. The van der Waals surface area contributed by atoms with E-state index in [1.54, 1.807) is 0 Å². The van der Waals surface area contributed by atoms with Gasteiger partial charge in [0.2, 0.25) is 0 Å². The Morgan fingerprint density at radius 2 is 2.00 bits per heavy atom. The normalized spacial score (nSPS) is 11.9. The number of fused-ring (bicyclic) bond motifs is 1. The third kappa shape index (κ3) is 1.76. The molecule has 0 heterocycles. The summed E-state index contributed by atoms with van der Waals surface area (Å²) in [7, 11) is 0. The molecule has 0 atom stereocenters. The van der Waals surface area contributed by atoms with Crippen LogP contribution in [0.1, 0.15) is 32.0 Å². The van der Waals surface area contributed by atoms with Gasteiger partial charge >= 0.3 is 0 Å². The molecule has 0 spiro atoms. The molecule has 2 rings (SSSR count). The second-order valence-corrected chi connectivity index (χ2v) is 2.81. The Bertz CT molecular complexity index is 287. The molecule has 0 aromatic heterocycles. The van der Waals surface area contributed by atoms with Crippen LogP contribution in [-0.2, 0) is 6.42 Å².